The van der Waals surface area contributed by atoms with Crippen LogP contribution in [0.15, 0.2) is 24.3 Å². The first-order valence-electron chi connectivity index (χ1n) is 5.70. The number of nitrogens with two attached hydrogens (primary N) is 1. The van der Waals surface area contributed by atoms with Gasteiger partial charge >= 0.3 is 0 Å². The molecule has 3 nitrogen and oxygen atoms in total. The molecule has 1 aromatic carbocycles. The summed E-state index contributed by atoms with van der Waals surface area (Å²) in [5, 5.41) is 7.18. The zero-order valence-corrected chi connectivity index (χ0v) is 9.99. The molecule has 1 unspecified atom stereocenters. The first-order chi connectivity index (χ1) is 7.61. The van der Waals surface area contributed by atoms with Crippen molar-refractivity contribution in [1.29, 1.82) is 5.41 Å². The van der Waals surface area contributed by atoms with Crippen molar-refractivity contribution in [3.8, 4) is 5.75 Å². The summed E-state index contributed by atoms with van der Waals surface area (Å²) >= 11 is 0. The number of nitrogens with one attached hydrogen (secondary N) is 1. The van der Waals surface area contributed by atoms with Crippen molar-refractivity contribution in [1.82, 2.24) is 0 Å². The Hall–Kier alpha value is -1.51. The Bertz CT molecular complexity index is 332. The molecule has 0 saturated heterocycles. The monoisotopic (exact) mass is 220 g/mol. The van der Waals surface area contributed by atoms with Gasteiger partial charge in [-0.15, -0.1) is 0 Å². The standard InChI is InChI=1S/C13H20N2O/c1-3-4-11-5-7-12(8-6-11)16-10(2)9-13(14)15/h5-8,10H,3-4,9H2,1-2H3,(H3,14,15). The minimum absolute atomic E-state index is 0.0467. The Morgan fingerprint density at radius 1 is 1.38 bits per heavy atom. The molecule has 3 N–H and O–H groups in total. The second kappa shape index (κ2) is 6.16. The fourth-order valence-corrected chi connectivity index (χ4v) is 1.61. The van der Waals surface area contributed by atoms with Crippen LogP contribution in [-0.4, -0.2) is 11.9 Å². The summed E-state index contributed by atoms with van der Waals surface area (Å²) in [5.74, 6) is 1.00. The van der Waals surface area contributed by atoms with E-state index >= 15 is 0 Å². The molecule has 0 saturated carbocycles. The van der Waals surface area contributed by atoms with Gasteiger partial charge in [0.1, 0.15) is 11.9 Å². The maximum atomic E-state index is 7.18. The van der Waals surface area contributed by atoms with Crippen molar-refractivity contribution < 1.29 is 4.74 Å². The number of rotatable bonds is 6. The molecule has 0 aromatic heterocycles. The summed E-state index contributed by atoms with van der Waals surface area (Å²) in [5.41, 5.74) is 6.64. The van der Waals surface area contributed by atoms with Gasteiger partial charge in [0.05, 0.1) is 5.84 Å². The summed E-state index contributed by atoms with van der Waals surface area (Å²) in [6.45, 7) is 4.08. The number of aryl methyl sites for hydroxylation is 1. The second-order valence-electron chi connectivity index (χ2n) is 4.05. The van der Waals surface area contributed by atoms with Crippen LogP contribution in [0.2, 0.25) is 0 Å². The van der Waals surface area contributed by atoms with Gasteiger partial charge in [-0.1, -0.05) is 25.5 Å². The van der Waals surface area contributed by atoms with Crippen LogP contribution in [0.3, 0.4) is 0 Å². The summed E-state index contributed by atoms with van der Waals surface area (Å²) in [6.07, 6.45) is 2.68. The molecule has 0 amide bonds. The fourth-order valence-electron chi connectivity index (χ4n) is 1.61. The van der Waals surface area contributed by atoms with Crippen molar-refractivity contribution in [2.45, 2.75) is 39.2 Å². The maximum absolute atomic E-state index is 7.18. The Morgan fingerprint density at radius 3 is 2.50 bits per heavy atom. The van der Waals surface area contributed by atoms with E-state index in [1.165, 1.54) is 5.56 Å². The van der Waals surface area contributed by atoms with Gasteiger partial charge in [-0.2, -0.15) is 0 Å². The highest BCUT2D eigenvalue weighted by atomic mass is 16.5. The van der Waals surface area contributed by atoms with E-state index in [9.17, 15) is 0 Å². The molecule has 0 aliphatic rings. The lowest BCUT2D eigenvalue weighted by atomic mass is 10.1. The topological polar surface area (TPSA) is 59.1 Å². The highest BCUT2D eigenvalue weighted by Crippen LogP contribution is 2.15. The molecule has 0 aliphatic carbocycles. The predicted octanol–water partition coefficient (Wildman–Crippen LogP) is 2.73. The highest BCUT2D eigenvalue weighted by Gasteiger charge is 2.05. The molecule has 16 heavy (non-hydrogen) atoms. The Balaban J connectivity index is 2.51. The van der Waals surface area contributed by atoms with Gasteiger partial charge in [0, 0.05) is 6.42 Å². The van der Waals surface area contributed by atoms with E-state index in [1.807, 2.05) is 19.1 Å². The SMILES string of the molecule is CCCc1ccc(OC(C)CC(=N)N)cc1. The van der Waals surface area contributed by atoms with Crippen LogP contribution in [0.25, 0.3) is 0 Å². The van der Waals surface area contributed by atoms with E-state index in [2.05, 4.69) is 19.1 Å². The molecule has 0 radical (unpaired) electrons. The third-order valence-electron chi connectivity index (χ3n) is 2.31. The van der Waals surface area contributed by atoms with Gasteiger partial charge in [0.15, 0.2) is 0 Å². The summed E-state index contributed by atoms with van der Waals surface area (Å²) in [4.78, 5) is 0. The van der Waals surface area contributed by atoms with Gasteiger partial charge in [-0.05, 0) is 31.0 Å². The minimum atomic E-state index is -0.0467. The van der Waals surface area contributed by atoms with Crippen molar-refractivity contribution in [3.63, 3.8) is 0 Å². The van der Waals surface area contributed by atoms with Crippen LogP contribution in [-0.2, 0) is 6.42 Å². The van der Waals surface area contributed by atoms with Crippen LogP contribution in [0.5, 0.6) is 5.75 Å². The lowest BCUT2D eigenvalue weighted by Crippen LogP contribution is -2.21. The first-order valence-corrected chi connectivity index (χ1v) is 5.70. The molecule has 0 fully saturated rings. The van der Waals surface area contributed by atoms with Gasteiger partial charge < -0.3 is 10.5 Å². The number of ether oxygens (including phenoxy) is 1. The van der Waals surface area contributed by atoms with Crippen molar-refractivity contribution in [2.24, 2.45) is 5.73 Å². The molecule has 1 rings (SSSR count). The van der Waals surface area contributed by atoms with E-state index in [0.717, 1.165) is 18.6 Å². The van der Waals surface area contributed by atoms with Gasteiger partial charge in [-0.3, -0.25) is 5.41 Å². The third kappa shape index (κ3) is 4.34. The first kappa shape index (κ1) is 12.6. The zero-order valence-electron chi connectivity index (χ0n) is 9.99. The number of hydrogen-bond donors (Lipinski definition) is 2. The molecule has 0 bridgehead atoms. The van der Waals surface area contributed by atoms with Gasteiger partial charge in [-0.25, -0.2) is 0 Å². The Labute approximate surface area is 97.1 Å². The van der Waals surface area contributed by atoms with Crippen molar-refractivity contribution in [3.05, 3.63) is 29.8 Å². The van der Waals surface area contributed by atoms with E-state index < -0.39 is 0 Å². The average Bonchev–Trinajstić information content (AvgIpc) is 2.20. The molecule has 0 spiro atoms. The Kier molecular flexibility index (Phi) is 4.83. The molecule has 0 heterocycles. The molecule has 3 heteroatoms. The lowest BCUT2D eigenvalue weighted by molar-refractivity contribution is 0.229. The van der Waals surface area contributed by atoms with Crippen LogP contribution < -0.4 is 10.5 Å². The van der Waals surface area contributed by atoms with Crippen LogP contribution >= 0.6 is 0 Å². The normalized spacial score (nSPS) is 12.1. The summed E-state index contributed by atoms with van der Waals surface area (Å²) in [6, 6.07) is 8.11. The fraction of sp³-hybridized carbons (Fsp3) is 0.462. The van der Waals surface area contributed by atoms with E-state index in [1.54, 1.807) is 0 Å². The van der Waals surface area contributed by atoms with E-state index in [0.29, 0.717) is 6.42 Å². The number of hydrogen-bond acceptors (Lipinski definition) is 2. The zero-order chi connectivity index (χ0) is 12.0. The summed E-state index contributed by atoms with van der Waals surface area (Å²) < 4.78 is 5.64. The highest BCUT2D eigenvalue weighted by molar-refractivity contribution is 5.77. The number of benzene rings is 1. The summed E-state index contributed by atoms with van der Waals surface area (Å²) in [7, 11) is 0. The molecular weight excluding hydrogens is 200 g/mol. The molecule has 1 atom stereocenters. The minimum Gasteiger partial charge on any atom is -0.490 e. The maximum Gasteiger partial charge on any atom is 0.119 e. The van der Waals surface area contributed by atoms with Gasteiger partial charge in [0.2, 0.25) is 0 Å². The van der Waals surface area contributed by atoms with Crippen LogP contribution in [0.4, 0.5) is 0 Å². The third-order valence-corrected chi connectivity index (χ3v) is 2.31. The van der Waals surface area contributed by atoms with E-state index in [4.69, 9.17) is 15.9 Å². The quantitative estimate of drug-likeness (QED) is 0.572. The Morgan fingerprint density at radius 2 is 2.00 bits per heavy atom. The molecule has 0 aliphatic heterocycles. The largest absolute Gasteiger partial charge is 0.490 e. The lowest BCUT2D eigenvalue weighted by Gasteiger charge is -2.14. The van der Waals surface area contributed by atoms with Crippen LogP contribution in [0.1, 0.15) is 32.3 Å². The van der Waals surface area contributed by atoms with Crippen molar-refractivity contribution in [2.75, 3.05) is 0 Å². The van der Waals surface area contributed by atoms with Crippen molar-refractivity contribution >= 4 is 5.84 Å². The predicted molar refractivity (Wildman–Crippen MR) is 67.1 cm³/mol. The van der Waals surface area contributed by atoms with Crippen LogP contribution in [0, 0.1) is 5.41 Å². The second-order valence-corrected chi connectivity index (χ2v) is 4.05. The smallest absolute Gasteiger partial charge is 0.119 e. The molecular formula is C13H20N2O. The molecule has 88 valence electrons. The average molecular weight is 220 g/mol. The molecule has 1 aromatic rings. The van der Waals surface area contributed by atoms with Gasteiger partial charge in [0.25, 0.3) is 0 Å². The number of amidine groups is 1. The van der Waals surface area contributed by atoms with E-state index in [-0.39, 0.29) is 11.9 Å².